The Kier molecular flexibility index (Phi) is 3.97. The molecule has 0 aromatic carbocycles. The number of likely N-dealkylation sites (N-methyl/N-ethyl adjacent to an activating group) is 1. The molecule has 0 amide bonds. The number of carbonyl (C=O) groups is 1. The first-order valence-corrected chi connectivity index (χ1v) is 6.47. The lowest BCUT2D eigenvalue weighted by atomic mass is 9.94. The van der Waals surface area contributed by atoms with Crippen molar-refractivity contribution < 1.29 is 14.0 Å². The summed E-state index contributed by atoms with van der Waals surface area (Å²) in [5, 5.41) is 0. The fraction of sp³-hybridized carbons (Fsp3) is 0.571. The van der Waals surface area contributed by atoms with E-state index >= 15 is 0 Å². The molecule has 1 aromatic rings. The summed E-state index contributed by atoms with van der Waals surface area (Å²) in [6.45, 7) is 1.46. The van der Waals surface area contributed by atoms with E-state index in [1.165, 1.54) is 25.5 Å². The fourth-order valence-electron chi connectivity index (χ4n) is 2.93. The Hall–Kier alpha value is -1.42. The highest BCUT2D eigenvalue weighted by atomic mass is 16.5. The third-order valence-corrected chi connectivity index (χ3v) is 3.94. The van der Waals surface area contributed by atoms with Crippen LogP contribution in [0, 0.1) is 0 Å². The number of quaternary nitrogens is 1. The molecule has 0 N–H and O–H groups in total. The van der Waals surface area contributed by atoms with Crippen LogP contribution in [0.2, 0.25) is 0 Å². The zero-order valence-corrected chi connectivity index (χ0v) is 11.1. The van der Waals surface area contributed by atoms with Crippen LogP contribution in [0.5, 0.6) is 0 Å². The molecule has 4 heteroatoms. The molecule has 1 aliphatic heterocycles. The van der Waals surface area contributed by atoms with Crippen molar-refractivity contribution in [3.05, 3.63) is 30.1 Å². The van der Waals surface area contributed by atoms with Crippen molar-refractivity contribution in [2.24, 2.45) is 0 Å². The van der Waals surface area contributed by atoms with E-state index < -0.39 is 0 Å². The van der Waals surface area contributed by atoms with Crippen molar-refractivity contribution in [1.29, 1.82) is 0 Å². The molecule has 0 unspecified atom stereocenters. The van der Waals surface area contributed by atoms with Crippen molar-refractivity contribution in [3.8, 4) is 0 Å². The number of carbonyl (C=O) groups excluding carboxylic acids is 1. The van der Waals surface area contributed by atoms with Crippen molar-refractivity contribution >= 4 is 5.97 Å². The number of methoxy groups -OCH3 is 1. The monoisotopic (exact) mass is 249 g/mol. The molecular formula is C14H21N2O2+. The van der Waals surface area contributed by atoms with Crippen LogP contribution in [-0.2, 0) is 9.53 Å². The normalized spacial score (nSPS) is 27.8. The third-order valence-electron chi connectivity index (χ3n) is 3.94. The minimum absolute atomic E-state index is 0.131. The number of nitrogens with zero attached hydrogens (tertiary/aromatic N) is 2. The van der Waals surface area contributed by atoms with E-state index in [0.29, 0.717) is 12.6 Å². The topological polar surface area (TPSA) is 39.2 Å². The van der Waals surface area contributed by atoms with Gasteiger partial charge in [-0.1, -0.05) is 6.07 Å². The smallest absolute Gasteiger partial charge is 0.361 e. The van der Waals surface area contributed by atoms with E-state index in [1.54, 1.807) is 6.20 Å². The summed E-state index contributed by atoms with van der Waals surface area (Å²) < 4.78 is 5.57. The van der Waals surface area contributed by atoms with Gasteiger partial charge in [0.05, 0.1) is 20.7 Å². The molecule has 1 fully saturated rings. The van der Waals surface area contributed by atoms with Crippen molar-refractivity contribution in [2.75, 3.05) is 27.2 Å². The molecule has 0 spiro atoms. The lowest BCUT2D eigenvalue weighted by Gasteiger charge is -2.44. The minimum atomic E-state index is -0.131. The number of rotatable bonds is 3. The number of hydrogen-bond donors (Lipinski definition) is 0. The maximum atomic E-state index is 11.6. The Bertz CT molecular complexity index is 408. The van der Waals surface area contributed by atoms with Crippen LogP contribution in [0.15, 0.2) is 24.5 Å². The molecule has 0 bridgehead atoms. The van der Waals surface area contributed by atoms with E-state index in [4.69, 9.17) is 4.74 Å². The van der Waals surface area contributed by atoms with Crippen molar-refractivity contribution in [1.82, 2.24) is 4.98 Å². The molecule has 4 nitrogen and oxygen atoms in total. The van der Waals surface area contributed by atoms with Crippen LogP contribution in [0.4, 0.5) is 0 Å². The summed E-state index contributed by atoms with van der Waals surface area (Å²) >= 11 is 0. The SMILES string of the molecule is COC(=O)C[N@@+]1(C)CCCC[C@@H]1c1cccnc1. The van der Waals surface area contributed by atoms with Gasteiger partial charge in [-0.25, -0.2) is 4.79 Å². The minimum Gasteiger partial charge on any atom is -0.465 e. The van der Waals surface area contributed by atoms with Crippen LogP contribution in [0.1, 0.15) is 30.9 Å². The van der Waals surface area contributed by atoms with Crippen LogP contribution >= 0.6 is 0 Å². The Morgan fingerprint density at radius 1 is 1.56 bits per heavy atom. The third kappa shape index (κ3) is 2.70. The highest BCUT2D eigenvalue weighted by Gasteiger charge is 2.38. The molecule has 0 aliphatic carbocycles. The van der Waals surface area contributed by atoms with Gasteiger partial charge in [0.15, 0.2) is 6.54 Å². The predicted octanol–water partition coefficient (Wildman–Crippen LogP) is 1.93. The van der Waals surface area contributed by atoms with E-state index in [1.807, 2.05) is 12.3 Å². The lowest BCUT2D eigenvalue weighted by Crippen LogP contribution is -2.53. The molecule has 1 aromatic heterocycles. The maximum absolute atomic E-state index is 11.6. The summed E-state index contributed by atoms with van der Waals surface area (Å²) in [4.78, 5) is 15.8. The average Bonchev–Trinajstić information content (AvgIpc) is 2.39. The highest BCUT2D eigenvalue weighted by Crippen LogP contribution is 2.35. The zero-order valence-electron chi connectivity index (χ0n) is 11.1. The van der Waals surface area contributed by atoms with E-state index in [-0.39, 0.29) is 5.97 Å². The maximum Gasteiger partial charge on any atom is 0.361 e. The summed E-state index contributed by atoms with van der Waals surface area (Å²) in [7, 11) is 3.60. The molecule has 0 saturated carbocycles. The highest BCUT2D eigenvalue weighted by molar-refractivity contribution is 5.70. The Labute approximate surface area is 108 Å². The summed E-state index contributed by atoms with van der Waals surface area (Å²) in [6.07, 6.45) is 7.21. The Balaban J connectivity index is 2.22. The molecule has 0 radical (unpaired) electrons. The van der Waals surface area contributed by atoms with Crippen LogP contribution in [-0.4, -0.2) is 42.7 Å². The number of piperidine rings is 1. The van der Waals surface area contributed by atoms with Gasteiger partial charge < -0.3 is 9.22 Å². The van der Waals surface area contributed by atoms with Crippen molar-refractivity contribution in [3.63, 3.8) is 0 Å². The Morgan fingerprint density at radius 2 is 2.39 bits per heavy atom. The molecule has 1 aliphatic rings. The van der Waals surface area contributed by atoms with Gasteiger partial charge in [0.25, 0.3) is 0 Å². The summed E-state index contributed by atoms with van der Waals surface area (Å²) in [5.74, 6) is -0.131. The second-order valence-electron chi connectivity index (χ2n) is 5.24. The largest absolute Gasteiger partial charge is 0.465 e. The first-order chi connectivity index (χ1) is 8.65. The van der Waals surface area contributed by atoms with E-state index in [0.717, 1.165) is 17.4 Å². The quantitative estimate of drug-likeness (QED) is 0.607. The number of pyridine rings is 1. The first-order valence-electron chi connectivity index (χ1n) is 6.47. The first kappa shape index (κ1) is 13.0. The average molecular weight is 249 g/mol. The fourth-order valence-corrected chi connectivity index (χ4v) is 2.93. The molecule has 18 heavy (non-hydrogen) atoms. The molecule has 2 atom stereocenters. The van der Waals surface area contributed by atoms with Crippen LogP contribution in [0.3, 0.4) is 0 Å². The second kappa shape index (κ2) is 5.48. The number of ether oxygens (including phenoxy) is 1. The van der Waals surface area contributed by atoms with Crippen molar-refractivity contribution in [2.45, 2.75) is 25.3 Å². The number of aromatic nitrogens is 1. The molecular weight excluding hydrogens is 228 g/mol. The van der Waals surface area contributed by atoms with Gasteiger partial charge in [0.1, 0.15) is 6.04 Å². The van der Waals surface area contributed by atoms with E-state index in [9.17, 15) is 4.79 Å². The van der Waals surface area contributed by atoms with Gasteiger partial charge in [-0.15, -0.1) is 0 Å². The lowest BCUT2D eigenvalue weighted by molar-refractivity contribution is -0.937. The number of likely N-dealkylation sites (tertiary alicyclic amines) is 1. The Morgan fingerprint density at radius 3 is 3.06 bits per heavy atom. The van der Waals surface area contributed by atoms with Gasteiger partial charge in [0, 0.05) is 24.4 Å². The number of esters is 1. The molecule has 1 saturated heterocycles. The van der Waals surface area contributed by atoms with Crippen LogP contribution < -0.4 is 0 Å². The van der Waals surface area contributed by atoms with Gasteiger partial charge >= 0.3 is 5.97 Å². The summed E-state index contributed by atoms with van der Waals surface area (Å²) in [5.41, 5.74) is 1.23. The van der Waals surface area contributed by atoms with Gasteiger partial charge in [0.2, 0.25) is 0 Å². The molecule has 2 heterocycles. The van der Waals surface area contributed by atoms with Crippen LogP contribution in [0.25, 0.3) is 0 Å². The summed E-state index contributed by atoms with van der Waals surface area (Å²) in [6, 6.07) is 4.43. The number of hydrogen-bond acceptors (Lipinski definition) is 3. The molecule has 98 valence electrons. The predicted molar refractivity (Wildman–Crippen MR) is 68.8 cm³/mol. The van der Waals surface area contributed by atoms with Gasteiger partial charge in [-0.2, -0.15) is 0 Å². The molecule has 2 rings (SSSR count). The standard InChI is InChI=1S/C14H21N2O2/c1-16(11-14(17)18-2)9-4-3-7-13(16)12-6-5-8-15-10-12/h5-6,8,10,13H,3-4,7,9,11H2,1-2H3/q+1/t13-,16-/m1/s1. The van der Waals surface area contributed by atoms with E-state index in [2.05, 4.69) is 18.1 Å². The van der Waals surface area contributed by atoms with Gasteiger partial charge in [-0.3, -0.25) is 4.98 Å². The second-order valence-corrected chi connectivity index (χ2v) is 5.24. The van der Waals surface area contributed by atoms with Gasteiger partial charge in [-0.05, 0) is 18.9 Å². The zero-order chi connectivity index (χ0) is 13.0.